The van der Waals surface area contributed by atoms with Gasteiger partial charge in [0.05, 0.1) is 11.1 Å². The standard InChI is InChI=1S/C11H14Cl2O/c1-7(2)8(3)14-11-6-9(12)4-5-10(11)13/h4-8H,1-3H3. The number of ether oxygens (including phenoxy) is 1. The number of benzene rings is 1. The predicted octanol–water partition coefficient (Wildman–Crippen LogP) is 4.42. The zero-order chi connectivity index (χ0) is 10.7. The average Bonchev–Trinajstić information content (AvgIpc) is 2.11. The molecule has 1 unspecified atom stereocenters. The van der Waals surface area contributed by atoms with E-state index in [4.69, 9.17) is 27.9 Å². The van der Waals surface area contributed by atoms with Crippen molar-refractivity contribution in [2.45, 2.75) is 26.9 Å². The molecular weight excluding hydrogens is 219 g/mol. The van der Waals surface area contributed by atoms with Gasteiger partial charge in [-0.25, -0.2) is 0 Å². The summed E-state index contributed by atoms with van der Waals surface area (Å²) in [4.78, 5) is 0. The van der Waals surface area contributed by atoms with Crippen molar-refractivity contribution in [1.29, 1.82) is 0 Å². The Morgan fingerprint density at radius 2 is 1.79 bits per heavy atom. The Kier molecular flexibility index (Phi) is 4.09. The molecule has 0 aliphatic carbocycles. The Morgan fingerprint density at radius 1 is 1.14 bits per heavy atom. The first-order valence-corrected chi connectivity index (χ1v) is 5.38. The van der Waals surface area contributed by atoms with Gasteiger partial charge in [-0.3, -0.25) is 0 Å². The van der Waals surface area contributed by atoms with Crippen molar-refractivity contribution in [3.05, 3.63) is 28.2 Å². The number of halogens is 2. The van der Waals surface area contributed by atoms with Crippen molar-refractivity contribution in [2.24, 2.45) is 5.92 Å². The molecule has 1 nitrogen and oxygen atoms in total. The van der Waals surface area contributed by atoms with E-state index in [1.54, 1.807) is 18.2 Å². The summed E-state index contributed by atoms with van der Waals surface area (Å²) in [6.45, 7) is 6.22. The minimum Gasteiger partial charge on any atom is -0.489 e. The van der Waals surface area contributed by atoms with Gasteiger partial charge in [0, 0.05) is 11.1 Å². The van der Waals surface area contributed by atoms with Crippen molar-refractivity contribution in [3.8, 4) is 5.75 Å². The predicted molar refractivity (Wildman–Crippen MR) is 61.4 cm³/mol. The average molecular weight is 233 g/mol. The Labute approximate surface area is 95.0 Å². The van der Waals surface area contributed by atoms with Crippen LogP contribution in [0.2, 0.25) is 10.0 Å². The molecule has 0 fully saturated rings. The highest BCUT2D eigenvalue weighted by Crippen LogP contribution is 2.29. The molecule has 0 amide bonds. The Bertz CT molecular complexity index is 310. The van der Waals surface area contributed by atoms with E-state index < -0.39 is 0 Å². The molecule has 0 aliphatic heterocycles. The molecule has 78 valence electrons. The van der Waals surface area contributed by atoms with E-state index in [0.29, 0.717) is 21.7 Å². The van der Waals surface area contributed by atoms with Gasteiger partial charge in [-0.15, -0.1) is 0 Å². The summed E-state index contributed by atoms with van der Waals surface area (Å²) >= 11 is 11.8. The fourth-order valence-corrected chi connectivity index (χ4v) is 1.23. The van der Waals surface area contributed by atoms with Crippen molar-refractivity contribution < 1.29 is 4.74 Å². The van der Waals surface area contributed by atoms with E-state index in [1.165, 1.54) is 0 Å². The number of hydrogen-bond acceptors (Lipinski definition) is 1. The molecule has 0 N–H and O–H groups in total. The first-order valence-electron chi connectivity index (χ1n) is 4.62. The van der Waals surface area contributed by atoms with Crippen LogP contribution in [0.3, 0.4) is 0 Å². The molecule has 0 aromatic heterocycles. The lowest BCUT2D eigenvalue weighted by Gasteiger charge is -2.18. The van der Waals surface area contributed by atoms with Gasteiger partial charge < -0.3 is 4.74 Å². The monoisotopic (exact) mass is 232 g/mol. The normalized spacial score (nSPS) is 13.0. The third-order valence-corrected chi connectivity index (χ3v) is 2.69. The van der Waals surface area contributed by atoms with Crippen LogP contribution in [0.1, 0.15) is 20.8 Å². The lowest BCUT2D eigenvalue weighted by Crippen LogP contribution is -2.18. The van der Waals surface area contributed by atoms with Crippen molar-refractivity contribution in [3.63, 3.8) is 0 Å². The summed E-state index contributed by atoms with van der Waals surface area (Å²) in [6.07, 6.45) is 0.131. The lowest BCUT2D eigenvalue weighted by molar-refractivity contribution is 0.170. The van der Waals surface area contributed by atoms with Crippen LogP contribution in [0, 0.1) is 5.92 Å². The third kappa shape index (κ3) is 3.07. The van der Waals surface area contributed by atoms with Gasteiger partial charge in [-0.2, -0.15) is 0 Å². The minimum absolute atomic E-state index is 0.131. The molecule has 0 bridgehead atoms. The molecule has 3 heteroatoms. The van der Waals surface area contributed by atoms with Gasteiger partial charge in [0.15, 0.2) is 0 Å². The number of hydrogen-bond donors (Lipinski definition) is 0. The highest BCUT2D eigenvalue weighted by Gasteiger charge is 2.11. The zero-order valence-corrected chi connectivity index (χ0v) is 10.1. The molecular formula is C11H14Cl2O. The van der Waals surface area contributed by atoms with Gasteiger partial charge in [0.2, 0.25) is 0 Å². The zero-order valence-electron chi connectivity index (χ0n) is 8.55. The fourth-order valence-electron chi connectivity index (χ4n) is 0.904. The molecule has 1 atom stereocenters. The van der Waals surface area contributed by atoms with Crippen LogP contribution in [0.5, 0.6) is 5.75 Å². The summed E-state index contributed by atoms with van der Waals surface area (Å²) in [5.41, 5.74) is 0. The van der Waals surface area contributed by atoms with E-state index in [-0.39, 0.29) is 6.10 Å². The smallest absolute Gasteiger partial charge is 0.139 e. The molecule has 0 spiro atoms. The first-order chi connectivity index (χ1) is 6.50. The summed E-state index contributed by atoms with van der Waals surface area (Å²) in [7, 11) is 0. The van der Waals surface area contributed by atoms with Crippen LogP contribution in [0.4, 0.5) is 0 Å². The highest BCUT2D eigenvalue weighted by atomic mass is 35.5. The van der Waals surface area contributed by atoms with Crippen LogP contribution in [-0.2, 0) is 0 Å². The quantitative estimate of drug-likeness (QED) is 0.750. The van der Waals surface area contributed by atoms with Crippen molar-refractivity contribution in [1.82, 2.24) is 0 Å². The van der Waals surface area contributed by atoms with Crippen LogP contribution in [0.15, 0.2) is 18.2 Å². The van der Waals surface area contributed by atoms with Gasteiger partial charge in [-0.1, -0.05) is 37.0 Å². The van der Waals surface area contributed by atoms with E-state index >= 15 is 0 Å². The highest BCUT2D eigenvalue weighted by molar-refractivity contribution is 6.34. The van der Waals surface area contributed by atoms with Gasteiger partial charge in [0.25, 0.3) is 0 Å². The minimum atomic E-state index is 0.131. The van der Waals surface area contributed by atoms with Crippen LogP contribution in [-0.4, -0.2) is 6.10 Å². The molecule has 0 aliphatic rings. The maximum absolute atomic E-state index is 5.96. The van der Waals surface area contributed by atoms with Gasteiger partial charge >= 0.3 is 0 Å². The largest absolute Gasteiger partial charge is 0.489 e. The summed E-state index contributed by atoms with van der Waals surface area (Å²) in [6, 6.07) is 5.23. The molecule has 0 saturated carbocycles. The maximum atomic E-state index is 5.96. The third-order valence-electron chi connectivity index (χ3n) is 2.14. The van der Waals surface area contributed by atoms with Crippen LogP contribution < -0.4 is 4.74 Å². The fraction of sp³-hybridized carbons (Fsp3) is 0.455. The molecule has 1 aromatic rings. The first kappa shape index (κ1) is 11.7. The van der Waals surface area contributed by atoms with E-state index in [9.17, 15) is 0 Å². The van der Waals surface area contributed by atoms with Crippen molar-refractivity contribution >= 4 is 23.2 Å². The topological polar surface area (TPSA) is 9.23 Å². The van der Waals surface area contributed by atoms with Gasteiger partial charge in [-0.05, 0) is 25.0 Å². The molecule has 1 aromatic carbocycles. The SMILES string of the molecule is CC(C)C(C)Oc1cc(Cl)ccc1Cl. The van der Waals surface area contributed by atoms with E-state index in [0.717, 1.165) is 0 Å². The summed E-state index contributed by atoms with van der Waals surface area (Å²) in [5, 5.41) is 1.24. The summed E-state index contributed by atoms with van der Waals surface area (Å²) in [5.74, 6) is 1.10. The maximum Gasteiger partial charge on any atom is 0.139 e. The second kappa shape index (κ2) is 4.90. The Morgan fingerprint density at radius 3 is 2.36 bits per heavy atom. The Balaban J connectivity index is 2.80. The second-order valence-electron chi connectivity index (χ2n) is 3.64. The summed E-state index contributed by atoms with van der Waals surface area (Å²) < 4.78 is 5.67. The molecule has 0 heterocycles. The van der Waals surface area contributed by atoms with Crippen molar-refractivity contribution in [2.75, 3.05) is 0 Å². The molecule has 1 rings (SSSR count). The second-order valence-corrected chi connectivity index (χ2v) is 4.49. The van der Waals surface area contributed by atoms with Gasteiger partial charge in [0.1, 0.15) is 5.75 Å². The Hall–Kier alpha value is -0.400. The molecule has 0 radical (unpaired) electrons. The lowest BCUT2D eigenvalue weighted by atomic mass is 10.1. The molecule has 0 saturated heterocycles. The van der Waals surface area contributed by atoms with E-state index in [1.807, 2.05) is 6.92 Å². The van der Waals surface area contributed by atoms with Crippen LogP contribution in [0.25, 0.3) is 0 Å². The van der Waals surface area contributed by atoms with Crippen LogP contribution >= 0.6 is 23.2 Å². The number of rotatable bonds is 3. The molecule has 14 heavy (non-hydrogen) atoms. The van der Waals surface area contributed by atoms with E-state index in [2.05, 4.69) is 13.8 Å².